The third kappa shape index (κ3) is 5.21. The number of rotatable bonds is 9. The smallest absolute Gasteiger partial charge is 0.248 e. The summed E-state index contributed by atoms with van der Waals surface area (Å²) < 4.78 is 5.67. The lowest BCUT2D eigenvalue weighted by Crippen LogP contribution is -2.49. The molecule has 180 valence electrons. The minimum atomic E-state index is -0.683. The Hall–Kier alpha value is -2.63. The zero-order valence-electron chi connectivity index (χ0n) is 18.8. The van der Waals surface area contributed by atoms with E-state index in [-0.39, 0.29) is 30.5 Å². The van der Waals surface area contributed by atoms with Crippen molar-refractivity contribution in [3.05, 3.63) is 39.9 Å². The third-order valence-electron chi connectivity index (χ3n) is 6.34. The van der Waals surface area contributed by atoms with Crippen molar-refractivity contribution in [3.8, 4) is 10.7 Å². The molecular formula is C23H28N6O3S2. The van der Waals surface area contributed by atoms with Crippen LogP contribution >= 0.6 is 22.7 Å². The number of amides is 2. The molecule has 2 amide bonds. The van der Waals surface area contributed by atoms with Crippen LogP contribution in [0.5, 0.6) is 0 Å². The fourth-order valence-electron chi connectivity index (χ4n) is 4.71. The van der Waals surface area contributed by atoms with Gasteiger partial charge in [0.2, 0.25) is 17.6 Å². The molecule has 1 aliphatic heterocycles. The molecule has 11 heteroatoms. The van der Waals surface area contributed by atoms with Crippen molar-refractivity contribution in [1.29, 1.82) is 0 Å². The summed E-state index contributed by atoms with van der Waals surface area (Å²) in [6, 6.07) is 7.02. The average molecular weight is 501 g/mol. The topological polar surface area (TPSA) is 102 Å². The van der Waals surface area contributed by atoms with Crippen LogP contribution in [0.1, 0.15) is 49.4 Å². The number of nitrogens with one attached hydrogen (secondary N) is 1. The van der Waals surface area contributed by atoms with E-state index in [1.807, 2.05) is 35.0 Å². The molecule has 1 saturated carbocycles. The molecule has 0 aromatic carbocycles. The molecule has 1 aliphatic carbocycles. The molecule has 4 heterocycles. The first kappa shape index (κ1) is 23.1. The van der Waals surface area contributed by atoms with Crippen molar-refractivity contribution < 1.29 is 14.3 Å². The van der Waals surface area contributed by atoms with E-state index in [1.165, 1.54) is 27.5 Å². The van der Waals surface area contributed by atoms with Crippen LogP contribution in [0.4, 0.5) is 0 Å². The van der Waals surface area contributed by atoms with E-state index in [1.54, 1.807) is 4.90 Å². The second kappa shape index (κ2) is 10.7. The Morgan fingerprint density at radius 2 is 1.97 bits per heavy atom. The molecule has 0 bridgehead atoms. The molecule has 0 radical (unpaired) electrons. The Kier molecular flexibility index (Phi) is 7.31. The van der Waals surface area contributed by atoms with Gasteiger partial charge in [-0.25, -0.2) is 0 Å². The first-order valence-electron chi connectivity index (χ1n) is 11.7. The number of carbonyl (C=O) groups excluding carboxylic acids is 2. The first-order chi connectivity index (χ1) is 16.7. The van der Waals surface area contributed by atoms with Crippen LogP contribution < -0.4 is 5.32 Å². The Labute approximate surface area is 206 Å². The van der Waals surface area contributed by atoms with Gasteiger partial charge in [-0.15, -0.1) is 32.9 Å². The van der Waals surface area contributed by atoms with Crippen molar-refractivity contribution in [3.63, 3.8) is 0 Å². The highest BCUT2D eigenvalue weighted by atomic mass is 32.1. The lowest BCUT2D eigenvalue weighted by Gasteiger charge is -2.35. The summed E-state index contributed by atoms with van der Waals surface area (Å²) in [5.74, 6) is 0.163. The maximum Gasteiger partial charge on any atom is 0.248 e. The Balaban J connectivity index is 1.37. The number of nitrogens with zero attached hydrogens (tertiary/aromatic N) is 5. The fraction of sp³-hybridized carbons (Fsp3) is 0.522. The number of carbonyl (C=O) groups is 2. The summed E-state index contributed by atoms with van der Waals surface area (Å²) >= 11 is 3.02. The molecule has 0 unspecified atom stereocenters. The molecule has 5 rings (SSSR count). The molecule has 34 heavy (non-hydrogen) atoms. The van der Waals surface area contributed by atoms with E-state index < -0.39 is 6.04 Å². The van der Waals surface area contributed by atoms with Gasteiger partial charge in [-0.3, -0.25) is 9.59 Å². The standard InChI is InChI=1S/C23H28N6O3S2/c30-20(15-28-26-22(25-27-28)19-10-5-13-34-19)29(16-6-1-2-7-16)21(18-9-4-12-33-18)23(31)24-14-17-8-3-11-32-17/h4-5,9-10,12-13,16-17,21H,1-3,6-8,11,14-15H2,(H,24,31)/t17-,21+/m1/s1. The maximum absolute atomic E-state index is 13.7. The minimum absolute atomic E-state index is 0.00775. The summed E-state index contributed by atoms with van der Waals surface area (Å²) in [7, 11) is 0. The van der Waals surface area contributed by atoms with Crippen molar-refractivity contribution in [2.45, 2.75) is 63.3 Å². The number of hydrogen-bond acceptors (Lipinski definition) is 8. The van der Waals surface area contributed by atoms with E-state index >= 15 is 0 Å². The summed E-state index contributed by atoms with van der Waals surface area (Å²) in [5.41, 5.74) is 0. The Morgan fingerprint density at radius 3 is 2.68 bits per heavy atom. The van der Waals surface area contributed by atoms with Crippen LogP contribution in [0.25, 0.3) is 10.7 Å². The highest BCUT2D eigenvalue weighted by molar-refractivity contribution is 7.13. The Morgan fingerprint density at radius 1 is 1.15 bits per heavy atom. The zero-order chi connectivity index (χ0) is 23.3. The van der Waals surface area contributed by atoms with Gasteiger partial charge in [-0.1, -0.05) is 25.0 Å². The van der Waals surface area contributed by atoms with Crippen molar-refractivity contribution in [2.24, 2.45) is 0 Å². The second-order valence-electron chi connectivity index (χ2n) is 8.66. The summed E-state index contributed by atoms with van der Waals surface area (Å²) in [5, 5.41) is 19.5. The molecule has 0 spiro atoms. The number of aromatic nitrogens is 4. The molecular weight excluding hydrogens is 472 g/mol. The van der Waals surface area contributed by atoms with E-state index in [9.17, 15) is 9.59 Å². The van der Waals surface area contributed by atoms with Crippen molar-refractivity contribution in [1.82, 2.24) is 30.4 Å². The Bertz CT molecular complexity index is 1070. The second-order valence-corrected chi connectivity index (χ2v) is 10.6. The highest BCUT2D eigenvalue weighted by Gasteiger charge is 2.38. The summed E-state index contributed by atoms with van der Waals surface area (Å²) in [4.78, 5) is 32.1. The van der Waals surface area contributed by atoms with E-state index in [0.717, 1.165) is 54.9 Å². The number of ether oxygens (including phenoxy) is 1. The van der Waals surface area contributed by atoms with Gasteiger partial charge in [0.1, 0.15) is 12.6 Å². The normalized spacial score (nSPS) is 19.4. The predicted octanol–water partition coefficient (Wildman–Crippen LogP) is 3.27. The van der Waals surface area contributed by atoms with Gasteiger partial charge >= 0.3 is 0 Å². The van der Waals surface area contributed by atoms with Crippen LogP contribution in [0.3, 0.4) is 0 Å². The molecule has 3 aromatic rings. The molecule has 2 fully saturated rings. The van der Waals surface area contributed by atoms with E-state index in [4.69, 9.17) is 4.74 Å². The van der Waals surface area contributed by atoms with Crippen LogP contribution in [0.15, 0.2) is 35.0 Å². The van der Waals surface area contributed by atoms with Gasteiger partial charge in [0.25, 0.3) is 0 Å². The van der Waals surface area contributed by atoms with Gasteiger partial charge in [0.05, 0.1) is 11.0 Å². The van der Waals surface area contributed by atoms with Gasteiger partial charge in [-0.2, -0.15) is 4.80 Å². The highest BCUT2D eigenvalue weighted by Crippen LogP contribution is 2.34. The largest absolute Gasteiger partial charge is 0.376 e. The van der Waals surface area contributed by atoms with Crippen LogP contribution in [-0.2, 0) is 20.9 Å². The summed E-state index contributed by atoms with van der Waals surface area (Å²) in [6.45, 7) is 1.14. The van der Waals surface area contributed by atoms with Crippen molar-refractivity contribution in [2.75, 3.05) is 13.2 Å². The lowest BCUT2D eigenvalue weighted by atomic mass is 10.1. The monoisotopic (exact) mass is 500 g/mol. The third-order valence-corrected chi connectivity index (χ3v) is 8.13. The molecule has 2 atom stereocenters. The zero-order valence-corrected chi connectivity index (χ0v) is 20.5. The van der Waals surface area contributed by atoms with Crippen LogP contribution in [-0.4, -0.2) is 62.2 Å². The lowest BCUT2D eigenvalue weighted by molar-refractivity contribution is -0.144. The van der Waals surface area contributed by atoms with Crippen molar-refractivity contribution >= 4 is 34.5 Å². The number of hydrogen-bond donors (Lipinski definition) is 1. The molecule has 9 nitrogen and oxygen atoms in total. The number of tetrazole rings is 1. The average Bonchev–Trinajstić information content (AvgIpc) is 3.67. The molecule has 1 saturated heterocycles. The SMILES string of the molecule is O=C(NC[C@H]1CCCO1)[C@H](c1cccs1)N(C(=O)Cn1nnc(-c2cccs2)n1)C1CCCC1. The minimum Gasteiger partial charge on any atom is -0.376 e. The van der Waals surface area contributed by atoms with E-state index in [0.29, 0.717) is 12.4 Å². The van der Waals surface area contributed by atoms with Gasteiger partial charge in [0, 0.05) is 24.1 Å². The predicted molar refractivity (Wildman–Crippen MR) is 129 cm³/mol. The quantitative estimate of drug-likeness (QED) is 0.484. The van der Waals surface area contributed by atoms with Gasteiger partial charge in [-0.05, 0) is 53.8 Å². The number of thiophene rings is 2. The van der Waals surface area contributed by atoms with Gasteiger partial charge < -0.3 is 15.0 Å². The van der Waals surface area contributed by atoms with E-state index in [2.05, 4.69) is 20.7 Å². The molecule has 2 aliphatic rings. The van der Waals surface area contributed by atoms with Crippen LogP contribution in [0, 0.1) is 0 Å². The molecule has 3 aromatic heterocycles. The summed E-state index contributed by atoms with van der Waals surface area (Å²) in [6.07, 6.45) is 5.87. The molecule has 1 N–H and O–H groups in total. The van der Waals surface area contributed by atoms with Crippen LogP contribution in [0.2, 0.25) is 0 Å². The fourth-order valence-corrected chi connectivity index (χ4v) is 6.18. The van der Waals surface area contributed by atoms with Gasteiger partial charge in [0.15, 0.2) is 0 Å². The first-order valence-corrected chi connectivity index (χ1v) is 13.5. The maximum atomic E-state index is 13.7.